The number of rotatable bonds is 6. The first kappa shape index (κ1) is 14.4. The molecule has 0 aliphatic carbocycles. The maximum atomic E-state index is 3.76. The van der Waals surface area contributed by atoms with Gasteiger partial charge in [0.15, 0.2) is 0 Å². The normalized spacial score (nSPS) is 19.0. The lowest BCUT2D eigenvalue weighted by atomic mass is 9.91. The van der Waals surface area contributed by atoms with Crippen LogP contribution < -0.4 is 5.32 Å². The molecule has 1 N–H and O–H groups in total. The Kier molecular flexibility index (Phi) is 6.06. The van der Waals surface area contributed by atoms with Crippen molar-refractivity contribution >= 4 is 23.1 Å². The van der Waals surface area contributed by atoms with E-state index in [0.29, 0.717) is 6.04 Å². The molecule has 0 radical (unpaired) electrons. The molecule has 1 aliphatic heterocycles. The van der Waals surface area contributed by atoms with Crippen LogP contribution in [0, 0.1) is 12.8 Å². The zero-order chi connectivity index (χ0) is 12.8. The van der Waals surface area contributed by atoms with Crippen LogP contribution in [0.5, 0.6) is 0 Å². The summed E-state index contributed by atoms with van der Waals surface area (Å²) in [6.07, 6.45) is 5.38. The second-order valence-electron chi connectivity index (χ2n) is 5.23. The van der Waals surface area contributed by atoms with Crippen molar-refractivity contribution in [2.24, 2.45) is 5.92 Å². The molecule has 1 saturated heterocycles. The van der Waals surface area contributed by atoms with Gasteiger partial charge in [-0.05, 0) is 73.6 Å². The summed E-state index contributed by atoms with van der Waals surface area (Å²) in [5.41, 5.74) is 1.55. The van der Waals surface area contributed by atoms with E-state index < -0.39 is 0 Å². The van der Waals surface area contributed by atoms with Crippen LogP contribution in [0.4, 0.5) is 0 Å². The average molecular weight is 284 g/mol. The molecule has 102 valence electrons. The molecular weight excluding hydrogens is 258 g/mol. The maximum Gasteiger partial charge on any atom is 0.0333 e. The van der Waals surface area contributed by atoms with E-state index >= 15 is 0 Å². The van der Waals surface area contributed by atoms with Crippen LogP contribution in [0.1, 0.15) is 49.1 Å². The SMILES string of the molecule is CCCNC(CC1CCSCC1)c1ccsc1C. The molecule has 1 fully saturated rings. The molecule has 1 aliphatic rings. The van der Waals surface area contributed by atoms with E-state index in [9.17, 15) is 0 Å². The van der Waals surface area contributed by atoms with Crippen LogP contribution in [0.3, 0.4) is 0 Å². The molecule has 1 unspecified atom stereocenters. The highest BCUT2D eigenvalue weighted by atomic mass is 32.2. The predicted molar refractivity (Wildman–Crippen MR) is 84.8 cm³/mol. The summed E-state index contributed by atoms with van der Waals surface area (Å²) >= 11 is 4.01. The Hall–Kier alpha value is 0.01000. The van der Waals surface area contributed by atoms with E-state index in [1.54, 1.807) is 5.56 Å². The lowest BCUT2D eigenvalue weighted by Crippen LogP contribution is -2.26. The van der Waals surface area contributed by atoms with Gasteiger partial charge in [-0.15, -0.1) is 11.3 Å². The lowest BCUT2D eigenvalue weighted by molar-refractivity contribution is 0.370. The maximum absolute atomic E-state index is 3.76. The van der Waals surface area contributed by atoms with Gasteiger partial charge in [0.05, 0.1) is 0 Å². The Bertz CT molecular complexity index is 342. The topological polar surface area (TPSA) is 12.0 Å². The van der Waals surface area contributed by atoms with Gasteiger partial charge >= 0.3 is 0 Å². The average Bonchev–Trinajstić information content (AvgIpc) is 2.82. The van der Waals surface area contributed by atoms with Gasteiger partial charge in [-0.2, -0.15) is 11.8 Å². The van der Waals surface area contributed by atoms with Crippen LogP contribution in [-0.2, 0) is 0 Å². The fraction of sp³-hybridized carbons (Fsp3) is 0.733. The monoisotopic (exact) mass is 283 g/mol. The third kappa shape index (κ3) is 4.01. The molecule has 1 aromatic heterocycles. The molecule has 18 heavy (non-hydrogen) atoms. The number of hydrogen-bond acceptors (Lipinski definition) is 3. The Morgan fingerprint density at radius 1 is 1.39 bits per heavy atom. The first-order chi connectivity index (χ1) is 8.81. The minimum atomic E-state index is 0.587. The smallest absolute Gasteiger partial charge is 0.0333 e. The second kappa shape index (κ2) is 7.56. The largest absolute Gasteiger partial charge is 0.310 e. The lowest BCUT2D eigenvalue weighted by Gasteiger charge is -2.27. The summed E-state index contributed by atoms with van der Waals surface area (Å²) < 4.78 is 0. The molecule has 0 aromatic carbocycles. The molecular formula is C15H25NS2. The molecule has 1 atom stereocenters. The molecule has 0 bridgehead atoms. The Morgan fingerprint density at radius 3 is 2.78 bits per heavy atom. The van der Waals surface area contributed by atoms with Crippen molar-refractivity contribution in [2.45, 2.75) is 45.6 Å². The highest BCUT2D eigenvalue weighted by Gasteiger charge is 2.21. The summed E-state index contributed by atoms with van der Waals surface area (Å²) in [6.45, 7) is 5.65. The minimum absolute atomic E-state index is 0.587. The van der Waals surface area contributed by atoms with Gasteiger partial charge in [-0.3, -0.25) is 0 Å². The first-order valence-electron chi connectivity index (χ1n) is 7.16. The molecule has 1 aromatic rings. The summed E-state index contributed by atoms with van der Waals surface area (Å²) in [6, 6.07) is 2.91. The molecule has 0 spiro atoms. The predicted octanol–water partition coefficient (Wildman–Crippen LogP) is 4.63. The zero-order valence-electron chi connectivity index (χ0n) is 11.6. The minimum Gasteiger partial charge on any atom is -0.310 e. The number of thioether (sulfide) groups is 1. The molecule has 0 saturated carbocycles. The fourth-order valence-electron chi connectivity index (χ4n) is 2.71. The van der Waals surface area contributed by atoms with Gasteiger partial charge < -0.3 is 5.32 Å². The van der Waals surface area contributed by atoms with E-state index in [4.69, 9.17) is 0 Å². The Morgan fingerprint density at radius 2 is 2.17 bits per heavy atom. The molecule has 3 heteroatoms. The van der Waals surface area contributed by atoms with Crippen molar-refractivity contribution in [1.82, 2.24) is 5.32 Å². The van der Waals surface area contributed by atoms with Gasteiger partial charge in [0, 0.05) is 10.9 Å². The van der Waals surface area contributed by atoms with Crippen molar-refractivity contribution in [2.75, 3.05) is 18.1 Å². The van der Waals surface area contributed by atoms with E-state index in [1.807, 2.05) is 11.3 Å². The third-order valence-corrected chi connectivity index (χ3v) is 5.74. The quantitative estimate of drug-likeness (QED) is 0.817. The van der Waals surface area contributed by atoms with Crippen molar-refractivity contribution in [3.05, 3.63) is 21.9 Å². The van der Waals surface area contributed by atoms with E-state index in [2.05, 4.69) is 42.4 Å². The highest BCUT2D eigenvalue weighted by Crippen LogP contribution is 2.33. The van der Waals surface area contributed by atoms with Crippen molar-refractivity contribution in [1.29, 1.82) is 0 Å². The summed E-state index contributed by atoms with van der Waals surface area (Å²) in [5.74, 6) is 3.67. The highest BCUT2D eigenvalue weighted by molar-refractivity contribution is 7.99. The van der Waals surface area contributed by atoms with Crippen molar-refractivity contribution in [3.63, 3.8) is 0 Å². The van der Waals surface area contributed by atoms with E-state index in [0.717, 1.165) is 12.5 Å². The first-order valence-corrected chi connectivity index (χ1v) is 9.19. The molecule has 2 heterocycles. The van der Waals surface area contributed by atoms with Gasteiger partial charge in [0.1, 0.15) is 0 Å². The van der Waals surface area contributed by atoms with Crippen LogP contribution in [0.2, 0.25) is 0 Å². The van der Waals surface area contributed by atoms with Crippen molar-refractivity contribution in [3.8, 4) is 0 Å². The van der Waals surface area contributed by atoms with Crippen LogP contribution in [-0.4, -0.2) is 18.1 Å². The number of aryl methyl sites for hydroxylation is 1. The number of hydrogen-bond donors (Lipinski definition) is 1. The Labute approximate surface area is 120 Å². The van der Waals surface area contributed by atoms with Crippen LogP contribution in [0.15, 0.2) is 11.4 Å². The van der Waals surface area contributed by atoms with Gasteiger partial charge in [0.25, 0.3) is 0 Å². The van der Waals surface area contributed by atoms with E-state index in [-0.39, 0.29) is 0 Å². The fourth-order valence-corrected chi connectivity index (χ4v) is 4.68. The molecule has 0 amide bonds. The van der Waals surface area contributed by atoms with Gasteiger partial charge in [-0.1, -0.05) is 6.92 Å². The van der Waals surface area contributed by atoms with Gasteiger partial charge in [0.2, 0.25) is 0 Å². The van der Waals surface area contributed by atoms with Gasteiger partial charge in [-0.25, -0.2) is 0 Å². The third-order valence-electron chi connectivity index (χ3n) is 3.83. The zero-order valence-corrected chi connectivity index (χ0v) is 13.2. The molecule has 2 rings (SSSR count). The summed E-state index contributed by atoms with van der Waals surface area (Å²) in [4.78, 5) is 1.49. The number of thiophene rings is 1. The summed E-state index contributed by atoms with van der Waals surface area (Å²) in [7, 11) is 0. The molecule has 1 nitrogen and oxygen atoms in total. The van der Waals surface area contributed by atoms with Crippen LogP contribution >= 0.6 is 23.1 Å². The standard InChI is InChI=1S/C15H25NS2/c1-3-7-16-15(14-6-10-18-12(14)2)11-13-4-8-17-9-5-13/h6,10,13,15-16H,3-5,7-9,11H2,1-2H3. The Balaban J connectivity index is 1.98. The van der Waals surface area contributed by atoms with Crippen LogP contribution in [0.25, 0.3) is 0 Å². The second-order valence-corrected chi connectivity index (χ2v) is 7.58. The van der Waals surface area contributed by atoms with Crippen molar-refractivity contribution < 1.29 is 0 Å². The number of nitrogens with one attached hydrogen (secondary N) is 1. The van der Waals surface area contributed by atoms with E-state index in [1.165, 1.54) is 42.1 Å². The summed E-state index contributed by atoms with van der Waals surface area (Å²) in [5, 5.41) is 6.00.